The molecule has 0 radical (unpaired) electrons. The fourth-order valence-corrected chi connectivity index (χ4v) is 3.40. The summed E-state index contributed by atoms with van der Waals surface area (Å²) < 4.78 is 0. The third kappa shape index (κ3) is 3.94. The van der Waals surface area contributed by atoms with E-state index in [0.29, 0.717) is 6.04 Å². The summed E-state index contributed by atoms with van der Waals surface area (Å²) in [5, 5.41) is 3.77. The quantitative estimate of drug-likeness (QED) is 0.808. The largest absolute Gasteiger partial charge is 0.312 e. The maximum atomic E-state index is 3.77. The van der Waals surface area contributed by atoms with Crippen molar-refractivity contribution in [1.29, 1.82) is 0 Å². The van der Waals surface area contributed by atoms with Gasteiger partial charge >= 0.3 is 0 Å². The third-order valence-corrected chi connectivity index (χ3v) is 4.84. The Kier molecular flexibility index (Phi) is 5.46. The van der Waals surface area contributed by atoms with Crippen LogP contribution in [0, 0.1) is 0 Å². The van der Waals surface area contributed by atoms with E-state index in [4.69, 9.17) is 0 Å². The molecule has 106 valence electrons. The molecule has 3 heteroatoms. The Balaban J connectivity index is 1.71. The van der Waals surface area contributed by atoms with Crippen LogP contribution in [0.4, 0.5) is 0 Å². The van der Waals surface area contributed by atoms with Crippen molar-refractivity contribution < 1.29 is 0 Å². The second-order valence-corrected chi connectivity index (χ2v) is 6.49. The van der Waals surface area contributed by atoms with Gasteiger partial charge in [0.1, 0.15) is 0 Å². The molecule has 0 aromatic carbocycles. The first-order valence-corrected chi connectivity index (χ1v) is 7.80. The van der Waals surface area contributed by atoms with Crippen LogP contribution in [0.15, 0.2) is 0 Å². The van der Waals surface area contributed by atoms with Gasteiger partial charge < -0.3 is 10.2 Å². The average Bonchev–Trinajstić information content (AvgIpc) is 2.89. The van der Waals surface area contributed by atoms with Crippen molar-refractivity contribution in [3.8, 4) is 0 Å². The van der Waals surface area contributed by atoms with Crippen LogP contribution in [0.3, 0.4) is 0 Å². The summed E-state index contributed by atoms with van der Waals surface area (Å²) in [5.41, 5.74) is 0. The summed E-state index contributed by atoms with van der Waals surface area (Å²) in [6.45, 7) is 6.10. The molecule has 1 aliphatic heterocycles. The Bertz CT molecular complexity index is 236. The molecule has 18 heavy (non-hydrogen) atoms. The van der Waals surface area contributed by atoms with Crippen LogP contribution in [0.25, 0.3) is 0 Å². The highest BCUT2D eigenvalue weighted by molar-refractivity contribution is 4.83. The molecule has 2 rings (SSSR count). The van der Waals surface area contributed by atoms with E-state index in [-0.39, 0.29) is 0 Å². The summed E-state index contributed by atoms with van der Waals surface area (Å²) >= 11 is 0. The van der Waals surface area contributed by atoms with E-state index in [1.807, 2.05) is 0 Å². The van der Waals surface area contributed by atoms with Gasteiger partial charge in [-0.15, -0.1) is 0 Å². The number of nitrogens with zero attached hydrogens (tertiary/aromatic N) is 2. The van der Waals surface area contributed by atoms with Crippen molar-refractivity contribution in [3.63, 3.8) is 0 Å². The predicted molar refractivity (Wildman–Crippen MR) is 78.0 cm³/mol. The Labute approximate surface area is 113 Å². The zero-order chi connectivity index (χ0) is 13.0. The average molecular weight is 253 g/mol. The first-order chi connectivity index (χ1) is 8.66. The number of piperidine rings is 1. The fraction of sp³-hybridized carbons (Fsp3) is 1.00. The summed E-state index contributed by atoms with van der Waals surface area (Å²) in [5.74, 6) is 0. The molecule has 0 aromatic rings. The van der Waals surface area contributed by atoms with Gasteiger partial charge in [-0.1, -0.05) is 12.8 Å². The van der Waals surface area contributed by atoms with E-state index < -0.39 is 0 Å². The Morgan fingerprint density at radius 3 is 2.56 bits per heavy atom. The van der Waals surface area contributed by atoms with Gasteiger partial charge in [-0.05, 0) is 53.2 Å². The van der Waals surface area contributed by atoms with Gasteiger partial charge in [0, 0.05) is 31.2 Å². The minimum absolute atomic E-state index is 0.688. The molecule has 2 atom stereocenters. The van der Waals surface area contributed by atoms with Crippen LogP contribution in [0.2, 0.25) is 0 Å². The second-order valence-electron chi connectivity index (χ2n) is 6.49. The summed E-state index contributed by atoms with van der Waals surface area (Å²) in [6, 6.07) is 2.25. The molecule has 0 bridgehead atoms. The molecule has 3 nitrogen and oxygen atoms in total. The first-order valence-electron chi connectivity index (χ1n) is 7.80. The maximum absolute atomic E-state index is 3.77. The van der Waals surface area contributed by atoms with Gasteiger partial charge in [-0.2, -0.15) is 0 Å². The number of nitrogens with one attached hydrogen (secondary N) is 1. The highest BCUT2D eigenvalue weighted by Crippen LogP contribution is 2.19. The van der Waals surface area contributed by atoms with Gasteiger partial charge in [-0.25, -0.2) is 0 Å². The lowest BCUT2D eigenvalue weighted by Crippen LogP contribution is -2.51. The van der Waals surface area contributed by atoms with Gasteiger partial charge in [0.15, 0.2) is 0 Å². The van der Waals surface area contributed by atoms with Crippen LogP contribution in [-0.2, 0) is 0 Å². The van der Waals surface area contributed by atoms with Crippen molar-refractivity contribution >= 4 is 0 Å². The van der Waals surface area contributed by atoms with Crippen LogP contribution >= 0.6 is 0 Å². The van der Waals surface area contributed by atoms with E-state index >= 15 is 0 Å². The second kappa shape index (κ2) is 6.88. The Morgan fingerprint density at radius 2 is 1.89 bits per heavy atom. The third-order valence-electron chi connectivity index (χ3n) is 4.84. The smallest absolute Gasteiger partial charge is 0.0217 e. The lowest BCUT2D eigenvalue weighted by molar-refractivity contribution is 0.100. The zero-order valence-corrected chi connectivity index (χ0v) is 12.5. The number of hydrogen-bond acceptors (Lipinski definition) is 3. The standard InChI is InChI=1S/C15H31N3/c1-13(11-16-14-7-4-5-8-14)18-10-6-9-15(12-18)17(2)3/h13-16H,4-12H2,1-3H3. The van der Waals surface area contributed by atoms with E-state index in [0.717, 1.165) is 12.1 Å². The molecule has 2 unspecified atom stereocenters. The maximum Gasteiger partial charge on any atom is 0.0217 e. The van der Waals surface area contributed by atoms with Gasteiger partial charge in [0.25, 0.3) is 0 Å². The molecular formula is C15H31N3. The molecular weight excluding hydrogens is 222 g/mol. The molecule has 0 amide bonds. The topological polar surface area (TPSA) is 18.5 Å². The van der Waals surface area contributed by atoms with Crippen molar-refractivity contribution in [3.05, 3.63) is 0 Å². The molecule has 2 fully saturated rings. The normalized spacial score (nSPS) is 29.0. The molecule has 1 saturated heterocycles. The summed E-state index contributed by atoms with van der Waals surface area (Å²) in [4.78, 5) is 5.07. The van der Waals surface area contributed by atoms with Crippen LogP contribution in [-0.4, -0.2) is 61.7 Å². The highest BCUT2D eigenvalue weighted by atomic mass is 15.2. The monoisotopic (exact) mass is 253 g/mol. The zero-order valence-electron chi connectivity index (χ0n) is 12.5. The molecule has 1 aliphatic carbocycles. The summed E-state index contributed by atoms with van der Waals surface area (Å²) in [7, 11) is 4.44. The molecule has 1 saturated carbocycles. The molecule has 1 N–H and O–H groups in total. The van der Waals surface area contributed by atoms with Crippen LogP contribution in [0.1, 0.15) is 45.4 Å². The van der Waals surface area contributed by atoms with Crippen LogP contribution < -0.4 is 5.32 Å². The van der Waals surface area contributed by atoms with Gasteiger partial charge in [0.05, 0.1) is 0 Å². The highest BCUT2D eigenvalue weighted by Gasteiger charge is 2.25. The predicted octanol–water partition coefficient (Wildman–Crippen LogP) is 1.93. The van der Waals surface area contributed by atoms with Crippen molar-refractivity contribution in [2.45, 2.75) is 63.6 Å². The van der Waals surface area contributed by atoms with Crippen molar-refractivity contribution in [1.82, 2.24) is 15.1 Å². The van der Waals surface area contributed by atoms with Crippen molar-refractivity contribution in [2.24, 2.45) is 0 Å². The van der Waals surface area contributed by atoms with Crippen molar-refractivity contribution in [2.75, 3.05) is 33.7 Å². The Hall–Kier alpha value is -0.120. The van der Waals surface area contributed by atoms with Gasteiger partial charge in [0.2, 0.25) is 0 Å². The number of rotatable bonds is 5. The minimum atomic E-state index is 0.688. The number of likely N-dealkylation sites (N-methyl/N-ethyl adjacent to an activating group) is 1. The molecule has 0 spiro atoms. The lowest BCUT2D eigenvalue weighted by atomic mass is 10.0. The van der Waals surface area contributed by atoms with E-state index in [2.05, 4.69) is 36.1 Å². The Morgan fingerprint density at radius 1 is 1.17 bits per heavy atom. The van der Waals surface area contributed by atoms with E-state index in [1.165, 1.54) is 58.2 Å². The van der Waals surface area contributed by atoms with Gasteiger partial charge in [-0.3, -0.25) is 4.90 Å². The minimum Gasteiger partial charge on any atom is -0.312 e. The number of hydrogen-bond donors (Lipinski definition) is 1. The summed E-state index contributed by atoms with van der Waals surface area (Å²) in [6.07, 6.45) is 8.37. The fourth-order valence-electron chi connectivity index (χ4n) is 3.40. The lowest BCUT2D eigenvalue weighted by Gasteiger charge is -2.39. The van der Waals surface area contributed by atoms with E-state index in [1.54, 1.807) is 0 Å². The van der Waals surface area contributed by atoms with Crippen LogP contribution in [0.5, 0.6) is 0 Å². The SMILES string of the molecule is CC(CNC1CCCC1)N1CCCC(N(C)C)C1. The molecule has 2 aliphatic rings. The molecule has 1 heterocycles. The van der Waals surface area contributed by atoms with E-state index in [9.17, 15) is 0 Å². The number of likely N-dealkylation sites (tertiary alicyclic amines) is 1. The molecule has 0 aromatic heterocycles. The first kappa shape index (κ1) is 14.3.